The van der Waals surface area contributed by atoms with E-state index in [-0.39, 0.29) is 24.3 Å². The molecule has 0 saturated carbocycles. The Bertz CT molecular complexity index is 6660. The van der Waals surface area contributed by atoms with Crippen LogP contribution in [0.5, 0.6) is 178 Å². The predicted molar refractivity (Wildman–Crippen MR) is 415 cm³/mol. The lowest BCUT2D eigenvalue weighted by Gasteiger charge is -2.44. The van der Waals surface area contributed by atoms with Crippen molar-refractivity contribution in [2.24, 2.45) is 0 Å². The Morgan fingerprint density at radius 1 is 0.246 bits per heavy atom. The third-order valence-electron chi connectivity index (χ3n) is 20.4. The first-order chi connectivity index (χ1) is 63.0. The minimum Gasteiger partial charge on any atom is -0.504 e. The molecule has 2 saturated heterocycles. The Hall–Kier alpha value is -19.2. The van der Waals surface area contributed by atoms with E-state index in [4.69, 9.17) is 61.6 Å². The molecule has 4 heterocycles. The number of hydrogen-bond acceptors (Lipinski definition) is 52. The van der Waals surface area contributed by atoms with Crippen LogP contribution in [0.3, 0.4) is 0 Å². The SMILES string of the molecule is O=C(OC1OC2COC(=O)c3cc(O)c(O)c(O)c3-c3cc(c(O)c(O)c3O)C(=O)OC(C2OC(=O)c2cc(O)c(O)c(O)c2)C1OC(=O)c1cc(O)c(O)c(O)c1)c1cc(O)c(O)c(Oc2c(C(=O)OC3C(OC(=O)c4cc(O)c(O)c(O)c4)OC4COC(=O)c5cc(O)c(O)c(O)c5-c5c(cc(O)c(O)c5O)C(=O)OC3C4OC(=O)c3cc(O)c(O)c(O)c3)cc(O)c(O)c2O)c1. The minimum absolute atomic E-state index is 0.0749. The fourth-order valence-electron chi connectivity index (χ4n) is 13.8. The van der Waals surface area contributed by atoms with Crippen molar-refractivity contribution in [1.29, 1.82) is 0 Å². The lowest BCUT2D eigenvalue weighted by Crippen LogP contribution is -2.63. The van der Waals surface area contributed by atoms with Gasteiger partial charge in [0.05, 0.1) is 44.5 Å². The standard InChI is InChI=1S/C82H58O52/c83-29-1-18(2-30(84)50(29)98)71(112)127-65-43-16-122-76(117)24-12-38(92)55(103)59(107)45(24)23-11-27(49(97)62(110)48(23)96)79(120)130-67(65)69(131-73(114)20-5-33(87)52(100)34(88)6-20)81(125-43)134-75(116)22-9-37(91)54(102)42(10-22)124-64-28(15-41(95)58(106)63(64)111)80(121)132-70-68-66(128-72(113)19-3-31(85)51(99)32(86)4-19)44(126-82(70)133-74(115)21-7-35(89)53(101)36(90)8-21)17-123-77(118)25-13-39(93)56(104)60(108)46(25)47-26(78(119)129-68)14-40(94)57(105)61(47)109/h1-15,43-44,65-70,81-111H,16-17H2. The van der Waals surface area contributed by atoms with Gasteiger partial charge in [-0.25, -0.2) is 47.9 Å². The van der Waals surface area contributed by atoms with E-state index in [0.29, 0.717) is 66.7 Å². The van der Waals surface area contributed by atoms with Crippen LogP contribution in [0.25, 0.3) is 22.3 Å². The van der Waals surface area contributed by atoms with Gasteiger partial charge in [0.25, 0.3) is 0 Å². The summed E-state index contributed by atoms with van der Waals surface area (Å²) in [4.78, 5) is 148. The molecule has 0 radical (unpaired) electrons. The monoisotopic (exact) mass is 1870 g/mol. The molecule has 52 heteroatoms. The van der Waals surface area contributed by atoms with Gasteiger partial charge in [-0.2, -0.15) is 0 Å². The van der Waals surface area contributed by atoms with Gasteiger partial charge in [0, 0.05) is 28.3 Å². The smallest absolute Gasteiger partial charge is 0.342 e. The molecule has 10 aromatic carbocycles. The zero-order valence-corrected chi connectivity index (χ0v) is 65.7. The van der Waals surface area contributed by atoms with Gasteiger partial charge in [-0.15, -0.1) is 0 Å². The maximum atomic E-state index is 15.6. The average molecular weight is 1880 g/mol. The van der Waals surface area contributed by atoms with Crippen molar-refractivity contribution in [3.8, 4) is 200 Å². The number of fused-ring (bicyclic) bond motifs is 11. The van der Waals surface area contributed by atoms with Gasteiger partial charge in [-0.1, -0.05) is 0 Å². The Morgan fingerprint density at radius 3 is 0.910 bits per heavy atom. The molecule has 698 valence electrons. The summed E-state index contributed by atoms with van der Waals surface area (Å²) in [6.45, 7) is -3.17. The van der Waals surface area contributed by atoms with Crippen molar-refractivity contribution in [3.05, 3.63) is 147 Å². The Kier molecular flexibility index (Phi) is 23.2. The van der Waals surface area contributed by atoms with Gasteiger partial charge in [-0.05, 0) is 84.9 Å². The molecule has 14 rings (SSSR count). The van der Waals surface area contributed by atoms with Crippen molar-refractivity contribution in [3.63, 3.8) is 0 Å². The number of cyclic esters (lactones) is 2. The normalized spacial score (nSPS) is 19.1. The summed E-state index contributed by atoms with van der Waals surface area (Å²) < 4.78 is 74.3. The molecule has 10 aromatic rings. The van der Waals surface area contributed by atoms with Crippen molar-refractivity contribution in [2.45, 2.75) is 61.4 Å². The van der Waals surface area contributed by atoms with E-state index >= 15 is 19.2 Å². The van der Waals surface area contributed by atoms with Crippen LogP contribution in [0.15, 0.2) is 91.0 Å². The van der Waals surface area contributed by atoms with Gasteiger partial charge < -0.3 is 210 Å². The predicted octanol–water partition coefficient (Wildman–Crippen LogP) is 3.73. The van der Waals surface area contributed by atoms with Crippen LogP contribution in [0.4, 0.5) is 0 Å². The van der Waals surface area contributed by atoms with Gasteiger partial charge in [0.2, 0.25) is 65.0 Å². The van der Waals surface area contributed by atoms with E-state index in [1.165, 1.54) is 0 Å². The zero-order valence-electron chi connectivity index (χ0n) is 65.7. The molecule has 4 aliphatic heterocycles. The number of phenolic OH excluding ortho intramolecular Hbond substituents is 29. The van der Waals surface area contributed by atoms with Crippen LogP contribution in [-0.2, 0) is 56.8 Å². The number of hydrogen-bond donors (Lipinski definition) is 29. The van der Waals surface area contributed by atoms with E-state index in [0.717, 1.165) is 0 Å². The molecule has 29 N–H and O–H groups in total. The highest BCUT2D eigenvalue weighted by Gasteiger charge is 2.58. The topological polar surface area (TPSA) is 877 Å². The summed E-state index contributed by atoms with van der Waals surface area (Å²) >= 11 is 0. The van der Waals surface area contributed by atoms with Crippen LogP contribution >= 0.6 is 0 Å². The van der Waals surface area contributed by atoms with Gasteiger partial charge in [0.15, 0.2) is 162 Å². The largest absolute Gasteiger partial charge is 0.504 e. The Morgan fingerprint density at radius 2 is 0.530 bits per heavy atom. The molecule has 2 fully saturated rings. The second kappa shape index (κ2) is 34.2. The second-order valence-electron chi connectivity index (χ2n) is 28.7. The molecule has 0 aliphatic carbocycles. The molecule has 0 amide bonds. The lowest BCUT2D eigenvalue weighted by atomic mass is 9.91. The number of carbonyl (C=O) groups is 10. The van der Waals surface area contributed by atoms with Crippen LogP contribution in [0.2, 0.25) is 0 Å². The number of rotatable bonds is 14. The van der Waals surface area contributed by atoms with E-state index in [2.05, 4.69) is 0 Å². The molecule has 10 unspecified atom stereocenters. The number of carbonyl (C=O) groups excluding carboxylic acids is 10. The average Bonchev–Trinajstić information content (AvgIpc) is 0.880. The number of ether oxygens (including phenoxy) is 13. The molecule has 4 aliphatic rings. The quantitative estimate of drug-likeness (QED) is 0.0419. The van der Waals surface area contributed by atoms with Crippen molar-refractivity contribution in [2.75, 3.05) is 13.2 Å². The van der Waals surface area contributed by atoms with Crippen molar-refractivity contribution < 1.29 is 258 Å². The van der Waals surface area contributed by atoms with Crippen LogP contribution in [0, 0.1) is 0 Å². The highest BCUT2D eigenvalue weighted by Crippen LogP contribution is 2.57. The Labute approximate surface area is 736 Å². The van der Waals surface area contributed by atoms with Crippen molar-refractivity contribution >= 4 is 59.7 Å². The summed E-state index contributed by atoms with van der Waals surface area (Å²) in [6, 6.07) is 4.86. The van der Waals surface area contributed by atoms with Crippen molar-refractivity contribution in [1.82, 2.24) is 0 Å². The molecule has 0 aromatic heterocycles. The second-order valence-corrected chi connectivity index (χ2v) is 28.7. The summed E-state index contributed by atoms with van der Waals surface area (Å²) in [6.07, 6.45) is -28.8. The molecule has 0 spiro atoms. The number of esters is 10. The molecular formula is C82H58O52. The third-order valence-corrected chi connectivity index (χ3v) is 20.4. The van der Waals surface area contributed by atoms with E-state index < -0.39 is 390 Å². The van der Waals surface area contributed by atoms with Gasteiger partial charge >= 0.3 is 59.7 Å². The number of aromatic hydroxyl groups is 29. The first-order valence-electron chi connectivity index (χ1n) is 37.0. The van der Waals surface area contributed by atoms with Crippen LogP contribution in [0.1, 0.15) is 104 Å². The number of benzene rings is 10. The molecule has 52 nitrogen and oxygen atoms in total. The fourth-order valence-corrected chi connectivity index (χ4v) is 13.8. The zero-order chi connectivity index (χ0) is 97.7. The molecule has 10 atom stereocenters. The summed E-state index contributed by atoms with van der Waals surface area (Å²) in [5.74, 6) is -66.1. The van der Waals surface area contributed by atoms with Gasteiger partial charge in [-0.3, -0.25) is 0 Å². The maximum absolute atomic E-state index is 15.6. The number of phenols is 29. The highest BCUT2D eigenvalue weighted by atomic mass is 16.8. The van der Waals surface area contributed by atoms with E-state index in [1.54, 1.807) is 0 Å². The third kappa shape index (κ3) is 16.2. The van der Waals surface area contributed by atoms with Gasteiger partial charge in [0.1, 0.15) is 36.5 Å². The first kappa shape index (κ1) is 91.0. The van der Waals surface area contributed by atoms with Crippen LogP contribution < -0.4 is 4.74 Å². The van der Waals surface area contributed by atoms with E-state index in [1.807, 2.05) is 0 Å². The molecular weight excluding hydrogens is 1820 g/mol. The summed E-state index contributed by atoms with van der Waals surface area (Å²) in [5.41, 5.74) is -17.2. The Balaban J connectivity index is 0.895. The first-order valence-corrected chi connectivity index (χ1v) is 37.0. The maximum Gasteiger partial charge on any atom is 0.342 e. The highest BCUT2D eigenvalue weighted by molar-refractivity contribution is 6.09. The van der Waals surface area contributed by atoms with Crippen LogP contribution in [-0.4, -0.2) is 282 Å². The summed E-state index contributed by atoms with van der Waals surface area (Å²) in [5, 5.41) is 315. The lowest BCUT2D eigenvalue weighted by molar-refractivity contribution is -0.283. The minimum atomic E-state index is -3.13. The summed E-state index contributed by atoms with van der Waals surface area (Å²) in [7, 11) is 0. The molecule has 6 bridgehead atoms. The van der Waals surface area contributed by atoms with E-state index in [9.17, 15) is 177 Å². The fraction of sp³-hybridized carbons (Fsp3) is 0.146. The molecule has 134 heavy (non-hydrogen) atoms.